The van der Waals surface area contributed by atoms with Gasteiger partial charge in [-0.25, -0.2) is 0 Å². The zero-order valence-electron chi connectivity index (χ0n) is 11.6. The van der Waals surface area contributed by atoms with Crippen LogP contribution in [0.15, 0.2) is 40.9 Å². The Balaban J connectivity index is 2.13. The fourth-order valence-electron chi connectivity index (χ4n) is 2.18. The van der Waals surface area contributed by atoms with Crippen LogP contribution in [0.1, 0.15) is 11.1 Å². The van der Waals surface area contributed by atoms with Gasteiger partial charge in [-0.1, -0.05) is 45.2 Å². The van der Waals surface area contributed by atoms with Crippen molar-refractivity contribution in [3.8, 4) is 5.75 Å². The Morgan fingerprint density at radius 3 is 2.43 bits per heavy atom. The predicted molar refractivity (Wildman–Crippen MR) is 92.5 cm³/mol. The summed E-state index contributed by atoms with van der Waals surface area (Å²) in [5, 5.41) is 1.31. The second kappa shape index (κ2) is 7.50. The van der Waals surface area contributed by atoms with Crippen molar-refractivity contribution < 1.29 is 4.74 Å². The van der Waals surface area contributed by atoms with Crippen LogP contribution < -0.4 is 10.5 Å². The zero-order valence-corrected chi connectivity index (χ0v) is 14.7. The minimum Gasteiger partial charge on any atom is -0.497 e. The minimum atomic E-state index is -0.0780. The molecule has 0 spiro atoms. The van der Waals surface area contributed by atoms with Crippen molar-refractivity contribution in [2.24, 2.45) is 5.73 Å². The van der Waals surface area contributed by atoms with E-state index in [0.717, 1.165) is 21.3 Å². The van der Waals surface area contributed by atoms with Gasteiger partial charge in [0.1, 0.15) is 5.75 Å². The highest BCUT2D eigenvalue weighted by Crippen LogP contribution is 2.27. The Bertz CT molecular complexity index is 613. The highest BCUT2D eigenvalue weighted by Gasteiger charge is 2.13. The molecule has 2 aromatic carbocycles. The molecule has 0 fully saturated rings. The molecule has 1 unspecified atom stereocenters. The second-order valence-corrected chi connectivity index (χ2v) is 6.49. The van der Waals surface area contributed by atoms with Gasteiger partial charge in [0.25, 0.3) is 0 Å². The SMILES string of the molecule is COc1ccc(Br)c(CC(N)Cc2c(Cl)cccc2Cl)c1. The maximum Gasteiger partial charge on any atom is 0.119 e. The van der Waals surface area contributed by atoms with Crippen LogP contribution in [0.5, 0.6) is 5.75 Å². The third-order valence-corrected chi connectivity index (χ3v) is 4.74. The van der Waals surface area contributed by atoms with Crippen molar-refractivity contribution in [3.63, 3.8) is 0 Å². The van der Waals surface area contributed by atoms with Crippen molar-refractivity contribution in [2.45, 2.75) is 18.9 Å². The quantitative estimate of drug-likeness (QED) is 0.792. The first-order valence-corrected chi connectivity index (χ1v) is 8.07. The molecule has 5 heteroatoms. The molecule has 2 aromatic rings. The summed E-state index contributed by atoms with van der Waals surface area (Å²) in [5.74, 6) is 0.816. The monoisotopic (exact) mass is 387 g/mol. The number of methoxy groups -OCH3 is 1. The van der Waals surface area contributed by atoms with E-state index in [4.69, 9.17) is 33.7 Å². The number of hydrogen-bond donors (Lipinski definition) is 1. The first kappa shape index (κ1) is 16.6. The van der Waals surface area contributed by atoms with E-state index in [9.17, 15) is 0 Å². The van der Waals surface area contributed by atoms with Crippen LogP contribution in [-0.4, -0.2) is 13.2 Å². The number of benzene rings is 2. The van der Waals surface area contributed by atoms with Gasteiger partial charge in [-0.3, -0.25) is 0 Å². The summed E-state index contributed by atoms with van der Waals surface area (Å²) in [4.78, 5) is 0. The molecule has 0 aliphatic heterocycles. The lowest BCUT2D eigenvalue weighted by molar-refractivity contribution is 0.414. The van der Waals surface area contributed by atoms with E-state index in [1.807, 2.05) is 36.4 Å². The summed E-state index contributed by atoms with van der Waals surface area (Å²) in [5.41, 5.74) is 8.25. The molecule has 0 saturated heterocycles. The number of hydrogen-bond acceptors (Lipinski definition) is 2. The average Bonchev–Trinajstić information content (AvgIpc) is 2.45. The molecule has 0 aliphatic carbocycles. The fourth-order valence-corrected chi connectivity index (χ4v) is 3.14. The van der Waals surface area contributed by atoms with Crippen molar-refractivity contribution in [1.29, 1.82) is 0 Å². The molecular weight excluding hydrogens is 373 g/mol. The number of halogens is 3. The van der Waals surface area contributed by atoms with Gasteiger partial charge >= 0.3 is 0 Å². The summed E-state index contributed by atoms with van der Waals surface area (Å²) in [6, 6.07) is 11.3. The molecule has 21 heavy (non-hydrogen) atoms. The maximum atomic E-state index is 6.26. The van der Waals surface area contributed by atoms with Gasteiger partial charge < -0.3 is 10.5 Å². The Hall–Kier alpha value is -0.740. The standard InChI is InChI=1S/C16H16BrCl2NO/c1-21-12-5-6-14(17)10(8-12)7-11(20)9-13-15(18)3-2-4-16(13)19/h2-6,8,11H,7,9,20H2,1H3. The number of ether oxygens (including phenoxy) is 1. The summed E-state index contributed by atoms with van der Waals surface area (Å²) >= 11 is 15.9. The molecule has 2 N–H and O–H groups in total. The van der Waals surface area contributed by atoms with Crippen molar-refractivity contribution in [2.75, 3.05) is 7.11 Å². The van der Waals surface area contributed by atoms with Gasteiger partial charge in [0.05, 0.1) is 7.11 Å². The lowest BCUT2D eigenvalue weighted by Crippen LogP contribution is -2.26. The molecule has 2 nitrogen and oxygen atoms in total. The van der Waals surface area contributed by atoms with Crippen molar-refractivity contribution in [1.82, 2.24) is 0 Å². The van der Waals surface area contributed by atoms with Gasteiger partial charge in [-0.05, 0) is 54.3 Å². The van der Waals surface area contributed by atoms with Crippen LogP contribution >= 0.6 is 39.1 Å². The number of nitrogens with two attached hydrogens (primary N) is 1. The summed E-state index contributed by atoms with van der Waals surface area (Å²) < 4.78 is 6.26. The Morgan fingerprint density at radius 1 is 1.14 bits per heavy atom. The van der Waals surface area contributed by atoms with Gasteiger partial charge in [-0.15, -0.1) is 0 Å². The van der Waals surface area contributed by atoms with Gasteiger partial charge in [0.15, 0.2) is 0 Å². The second-order valence-electron chi connectivity index (χ2n) is 4.83. The van der Waals surface area contributed by atoms with E-state index in [2.05, 4.69) is 15.9 Å². The van der Waals surface area contributed by atoms with E-state index < -0.39 is 0 Å². The first-order chi connectivity index (χ1) is 10.0. The lowest BCUT2D eigenvalue weighted by Gasteiger charge is -2.15. The molecule has 0 bridgehead atoms. The van der Waals surface area contributed by atoms with E-state index in [1.165, 1.54) is 0 Å². The smallest absolute Gasteiger partial charge is 0.119 e. The maximum absolute atomic E-state index is 6.26. The molecular formula is C16H16BrCl2NO. The third kappa shape index (κ3) is 4.36. The van der Waals surface area contributed by atoms with Crippen LogP contribution in [0.25, 0.3) is 0 Å². The van der Waals surface area contributed by atoms with Crippen LogP contribution in [0.3, 0.4) is 0 Å². The summed E-state index contributed by atoms with van der Waals surface area (Å²) in [7, 11) is 1.65. The Morgan fingerprint density at radius 2 is 1.81 bits per heavy atom. The zero-order chi connectivity index (χ0) is 15.4. The molecule has 0 saturated carbocycles. The van der Waals surface area contributed by atoms with E-state index in [-0.39, 0.29) is 6.04 Å². The third-order valence-electron chi connectivity index (χ3n) is 3.26. The average molecular weight is 389 g/mol. The topological polar surface area (TPSA) is 35.2 Å². The molecule has 0 aromatic heterocycles. The Labute approximate surface area is 143 Å². The summed E-state index contributed by atoms with van der Waals surface area (Å²) in [6.45, 7) is 0. The lowest BCUT2D eigenvalue weighted by atomic mass is 9.99. The Kier molecular flexibility index (Phi) is 5.94. The molecule has 0 aliphatic rings. The highest BCUT2D eigenvalue weighted by molar-refractivity contribution is 9.10. The normalized spacial score (nSPS) is 12.2. The number of rotatable bonds is 5. The molecule has 1 atom stereocenters. The van der Waals surface area contributed by atoms with Crippen molar-refractivity contribution >= 4 is 39.1 Å². The van der Waals surface area contributed by atoms with E-state index in [1.54, 1.807) is 7.11 Å². The fraction of sp³-hybridized carbons (Fsp3) is 0.250. The van der Waals surface area contributed by atoms with Gasteiger partial charge in [0.2, 0.25) is 0 Å². The van der Waals surface area contributed by atoms with E-state index in [0.29, 0.717) is 22.9 Å². The first-order valence-electron chi connectivity index (χ1n) is 6.52. The minimum absolute atomic E-state index is 0.0780. The van der Waals surface area contributed by atoms with Crippen LogP contribution in [0.2, 0.25) is 10.0 Å². The van der Waals surface area contributed by atoms with Crippen LogP contribution in [0, 0.1) is 0 Å². The molecule has 112 valence electrons. The van der Waals surface area contributed by atoms with E-state index >= 15 is 0 Å². The largest absolute Gasteiger partial charge is 0.497 e. The predicted octanol–water partition coefficient (Wildman–Crippen LogP) is 4.88. The molecule has 2 rings (SSSR count). The highest BCUT2D eigenvalue weighted by atomic mass is 79.9. The van der Waals surface area contributed by atoms with Gasteiger partial charge in [0, 0.05) is 20.6 Å². The molecule has 0 heterocycles. The van der Waals surface area contributed by atoms with Crippen LogP contribution in [-0.2, 0) is 12.8 Å². The van der Waals surface area contributed by atoms with Crippen molar-refractivity contribution in [3.05, 3.63) is 62.0 Å². The van der Waals surface area contributed by atoms with Crippen LogP contribution in [0.4, 0.5) is 0 Å². The summed E-state index contributed by atoms with van der Waals surface area (Å²) in [6.07, 6.45) is 1.33. The molecule has 0 amide bonds. The van der Waals surface area contributed by atoms with Gasteiger partial charge in [-0.2, -0.15) is 0 Å². The molecule has 0 radical (unpaired) electrons.